The molecule has 0 aliphatic rings. The van der Waals surface area contributed by atoms with Gasteiger partial charge in [-0.3, -0.25) is 15.6 Å². The van der Waals surface area contributed by atoms with Gasteiger partial charge in [-0.25, -0.2) is 4.98 Å². The van der Waals surface area contributed by atoms with Gasteiger partial charge in [-0.1, -0.05) is 0 Å². The first-order chi connectivity index (χ1) is 8.69. The molecular weight excluding hydrogens is 250 g/mol. The minimum absolute atomic E-state index is 0.238. The first-order valence-corrected chi connectivity index (χ1v) is 6.13. The van der Waals surface area contributed by atoms with Crippen molar-refractivity contribution >= 4 is 22.9 Å². The molecule has 18 heavy (non-hydrogen) atoms. The zero-order chi connectivity index (χ0) is 13.0. The fraction of sp³-hybridized carbons (Fsp3) is 0.182. The van der Waals surface area contributed by atoms with E-state index in [2.05, 4.69) is 20.7 Å². The number of nitrogens with one attached hydrogen (secondary N) is 2. The average Bonchev–Trinajstić information content (AvgIpc) is 2.82. The number of anilines is 1. The van der Waals surface area contributed by atoms with Gasteiger partial charge in [0, 0.05) is 17.3 Å². The highest BCUT2D eigenvalue weighted by molar-refractivity contribution is 7.11. The Morgan fingerprint density at radius 1 is 1.50 bits per heavy atom. The van der Waals surface area contributed by atoms with E-state index in [1.807, 2.05) is 6.92 Å². The maximum atomic E-state index is 11.8. The standard InChI is InChI=1S/C11H13N5OS/c1-7-14-5-9(18-7)6-15-11(17)10-4-8(16-12)2-3-13-10/h2-5H,6,12H2,1H3,(H,13,16)(H,15,17). The molecule has 2 aromatic rings. The van der Waals surface area contributed by atoms with Gasteiger partial charge in [-0.05, 0) is 19.1 Å². The van der Waals surface area contributed by atoms with Crippen LogP contribution in [-0.4, -0.2) is 15.9 Å². The molecule has 2 rings (SSSR count). The van der Waals surface area contributed by atoms with Crippen molar-refractivity contribution in [3.8, 4) is 0 Å². The van der Waals surface area contributed by atoms with Crippen molar-refractivity contribution in [3.63, 3.8) is 0 Å². The van der Waals surface area contributed by atoms with Crippen molar-refractivity contribution in [3.05, 3.63) is 40.1 Å². The number of nitrogens with zero attached hydrogens (tertiary/aromatic N) is 2. The SMILES string of the molecule is Cc1ncc(CNC(=O)c2cc(NN)ccn2)s1. The van der Waals surface area contributed by atoms with E-state index < -0.39 is 0 Å². The van der Waals surface area contributed by atoms with Crippen LogP contribution in [0.1, 0.15) is 20.4 Å². The van der Waals surface area contributed by atoms with Crippen LogP contribution < -0.4 is 16.6 Å². The summed E-state index contributed by atoms with van der Waals surface area (Å²) < 4.78 is 0. The molecule has 4 N–H and O–H groups in total. The Morgan fingerprint density at radius 3 is 3.00 bits per heavy atom. The summed E-state index contributed by atoms with van der Waals surface area (Å²) in [5, 5.41) is 3.76. The first kappa shape index (κ1) is 12.5. The highest BCUT2D eigenvalue weighted by Gasteiger charge is 2.08. The van der Waals surface area contributed by atoms with E-state index in [-0.39, 0.29) is 5.91 Å². The molecule has 0 aliphatic heterocycles. The summed E-state index contributed by atoms with van der Waals surface area (Å²) in [4.78, 5) is 20.9. The van der Waals surface area contributed by atoms with Crippen LogP contribution in [0.15, 0.2) is 24.5 Å². The van der Waals surface area contributed by atoms with Gasteiger partial charge in [0.2, 0.25) is 0 Å². The van der Waals surface area contributed by atoms with Crippen LogP contribution in [0.4, 0.5) is 5.69 Å². The van der Waals surface area contributed by atoms with Gasteiger partial charge in [-0.2, -0.15) is 0 Å². The lowest BCUT2D eigenvalue weighted by Gasteiger charge is -2.04. The maximum absolute atomic E-state index is 11.8. The lowest BCUT2D eigenvalue weighted by Crippen LogP contribution is -2.23. The Bertz CT molecular complexity index is 554. The summed E-state index contributed by atoms with van der Waals surface area (Å²) in [5.41, 5.74) is 3.44. The maximum Gasteiger partial charge on any atom is 0.270 e. The van der Waals surface area contributed by atoms with Crippen molar-refractivity contribution in [2.45, 2.75) is 13.5 Å². The molecule has 7 heteroatoms. The van der Waals surface area contributed by atoms with Gasteiger partial charge in [0.05, 0.1) is 17.2 Å². The molecule has 94 valence electrons. The van der Waals surface area contributed by atoms with E-state index >= 15 is 0 Å². The van der Waals surface area contributed by atoms with Gasteiger partial charge in [0.1, 0.15) is 5.69 Å². The van der Waals surface area contributed by atoms with E-state index in [1.54, 1.807) is 29.7 Å². The molecule has 0 saturated carbocycles. The van der Waals surface area contributed by atoms with Gasteiger partial charge in [0.25, 0.3) is 5.91 Å². The second-order valence-electron chi connectivity index (χ2n) is 3.60. The number of thiazole rings is 1. The van der Waals surface area contributed by atoms with E-state index in [1.165, 1.54) is 6.20 Å². The predicted octanol–water partition coefficient (Wildman–Crippen LogP) is 1.06. The van der Waals surface area contributed by atoms with E-state index in [0.29, 0.717) is 17.9 Å². The number of aryl methyl sites for hydroxylation is 1. The molecule has 0 unspecified atom stereocenters. The number of pyridine rings is 1. The van der Waals surface area contributed by atoms with Crippen LogP contribution in [0.5, 0.6) is 0 Å². The largest absolute Gasteiger partial charge is 0.346 e. The summed E-state index contributed by atoms with van der Waals surface area (Å²) in [6.07, 6.45) is 3.28. The summed E-state index contributed by atoms with van der Waals surface area (Å²) >= 11 is 1.55. The van der Waals surface area contributed by atoms with Crippen molar-refractivity contribution < 1.29 is 4.79 Å². The number of carbonyl (C=O) groups is 1. The lowest BCUT2D eigenvalue weighted by atomic mass is 10.3. The number of carbonyl (C=O) groups excluding carboxylic acids is 1. The highest BCUT2D eigenvalue weighted by Crippen LogP contribution is 2.11. The minimum atomic E-state index is -0.238. The van der Waals surface area contributed by atoms with Gasteiger partial charge >= 0.3 is 0 Å². The molecule has 0 spiro atoms. The Kier molecular flexibility index (Phi) is 3.85. The Balaban J connectivity index is 1.99. The lowest BCUT2D eigenvalue weighted by molar-refractivity contribution is 0.0946. The number of hydrogen-bond acceptors (Lipinski definition) is 6. The third kappa shape index (κ3) is 3.02. The summed E-state index contributed by atoms with van der Waals surface area (Å²) in [6, 6.07) is 3.27. The fourth-order valence-corrected chi connectivity index (χ4v) is 2.12. The van der Waals surface area contributed by atoms with Crippen LogP contribution >= 0.6 is 11.3 Å². The van der Waals surface area contributed by atoms with Crippen LogP contribution in [0.2, 0.25) is 0 Å². The number of amides is 1. The van der Waals surface area contributed by atoms with E-state index in [0.717, 1.165) is 9.88 Å². The molecular formula is C11H13N5OS. The fourth-order valence-electron chi connectivity index (χ4n) is 1.39. The second kappa shape index (κ2) is 5.56. The van der Waals surface area contributed by atoms with Crippen molar-refractivity contribution in [1.82, 2.24) is 15.3 Å². The third-order valence-electron chi connectivity index (χ3n) is 2.25. The number of hydrazine groups is 1. The predicted molar refractivity (Wildman–Crippen MR) is 70.1 cm³/mol. The van der Waals surface area contributed by atoms with Crippen LogP contribution in [0, 0.1) is 6.92 Å². The molecule has 0 bridgehead atoms. The average molecular weight is 263 g/mol. The molecule has 0 fully saturated rings. The summed E-state index contributed by atoms with van der Waals surface area (Å²) in [7, 11) is 0. The van der Waals surface area contributed by atoms with Crippen molar-refractivity contribution in [1.29, 1.82) is 0 Å². The Hall–Kier alpha value is -1.99. The molecule has 0 aliphatic carbocycles. The van der Waals surface area contributed by atoms with Crippen LogP contribution in [-0.2, 0) is 6.54 Å². The van der Waals surface area contributed by atoms with Gasteiger partial charge < -0.3 is 10.7 Å². The smallest absolute Gasteiger partial charge is 0.270 e. The summed E-state index contributed by atoms with van der Waals surface area (Å²) in [6.45, 7) is 2.38. The normalized spacial score (nSPS) is 10.1. The van der Waals surface area contributed by atoms with Crippen LogP contribution in [0.25, 0.3) is 0 Å². The molecule has 1 amide bonds. The highest BCUT2D eigenvalue weighted by atomic mass is 32.1. The molecule has 6 nitrogen and oxygen atoms in total. The Morgan fingerprint density at radius 2 is 2.33 bits per heavy atom. The summed E-state index contributed by atoms with van der Waals surface area (Å²) in [5.74, 6) is 5.03. The quantitative estimate of drug-likeness (QED) is 0.566. The zero-order valence-electron chi connectivity index (χ0n) is 9.80. The molecule has 0 saturated heterocycles. The van der Waals surface area contributed by atoms with Crippen molar-refractivity contribution in [2.24, 2.45) is 5.84 Å². The zero-order valence-corrected chi connectivity index (χ0v) is 10.6. The topological polar surface area (TPSA) is 92.9 Å². The minimum Gasteiger partial charge on any atom is -0.346 e. The number of nitrogens with two attached hydrogens (primary N) is 1. The Labute approximate surface area is 108 Å². The molecule has 2 aromatic heterocycles. The molecule has 0 atom stereocenters. The van der Waals surface area contributed by atoms with Gasteiger partial charge in [0.15, 0.2) is 0 Å². The molecule has 2 heterocycles. The second-order valence-corrected chi connectivity index (χ2v) is 4.92. The van der Waals surface area contributed by atoms with Crippen molar-refractivity contribution in [2.75, 3.05) is 5.43 Å². The number of nitrogen functional groups attached to an aromatic ring is 1. The van der Waals surface area contributed by atoms with E-state index in [4.69, 9.17) is 5.84 Å². The first-order valence-electron chi connectivity index (χ1n) is 5.31. The number of aromatic nitrogens is 2. The third-order valence-corrected chi connectivity index (χ3v) is 3.16. The molecule has 0 radical (unpaired) electrons. The molecule has 0 aromatic carbocycles. The monoisotopic (exact) mass is 263 g/mol. The van der Waals surface area contributed by atoms with E-state index in [9.17, 15) is 4.79 Å². The number of rotatable bonds is 4. The van der Waals surface area contributed by atoms with Crippen LogP contribution in [0.3, 0.4) is 0 Å². The number of hydrogen-bond donors (Lipinski definition) is 3. The van der Waals surface area contributed by atoms with Gasteiger partial charge in [-0.15, -0.1) is 11.3 Å².